The number of imide groups is 2. The van der Waals surface area contributed by atoms with E-state index in [-0.39, 0.29) is 33.7 Å². The highest BCUT2D eigenvalue weighted by Gasteiger charge is 2.77. The van der Waals surface area contributed by atoms with Crippen molar-refractivity contribution >= 4 is 75.3 Å². The number of carbonyl (C=O) groups is 4. The van der Waals surface area contributed by atoms with Gasteiger partial charge >= 0.3 is 0 Å². The topological polar surface area (TPSA) is 123 Å². The normalized spacial score (nSPS) is 26.6. The average molecular weight is 839 g/mol. The monoisotopic (exact) mass is 837 g/mol. The number of nitrogens with zero attached hydrogens (tertiary/aromatic N) is 5. The van der Waals surface area contributed by atoms with Crippen molar-refractivity contribution in [3.8, 4) is 5.75 Å². The summed E-state index contributed by atoms with van der Waals surface area (Å²) in [6.07, 6.45) is 0.818. The SMILES string of the molecule is Cc1cccc([C@H]2C3=CC[C@@H]4C(=O)N(c5ccc(N=Nc6ccc(N(C)C)cc6)cc5)C(=O)[C@@H]4[C@@H]3C[C@@]3(Cl)C(=O)N(c4c(F)c(F)c(F)c(F)c4F)C(=O)[C@@]23Cl)c1O. The second-order valence-electron chi connectivity index (χ2n) is 14.8. The van der Waals surface area contributed by atoms with E-state index in [0.717, 1.165) is 10.6 Å². The third-order valence-electron chi connectivity index (χ3n) is 11.6. The number of para-hydroxylation sites is 1. The highest BCUT2D eigenvalue weighted by atomic mass is 35.5. The van der Waals surface area contributed by atoms with Gasteiger partial charge in [-0.15, -0.1) is 23.2 Å². The minimum absolute atomic E-state index is 0.0642. The molecule has 8 rings (SSSR count). The minimum atomic E-state index is -2.75. The number of alkyl halides is 2. The molecule has 2 heterocycles. The number of halogens is 7. The number of rotatable bonds is 6. The Morgan fingerprint density at radius 3 is 1.90 bits per heavy atom. The zero-order valence-electron chi connectivity index (χ0n) is 30.6. The van der Waals surface area contributed by atoms with Crippen LogP contribution in [0.4, 0.5) is 50.4 Å². The molecule has 3 fully saturated rings. The summed E-state index contributed by atoms with van der Waals surface area (Å²) < 4.78 is 73.8. The Morgan fingerprint density at radius 1 is 0.741 bits per heavy atom. The summed E-state index contributed by atoms with van der Waals surface area (Å²) in [5.41, 5.74) is 0.722. The number of aromatic hydroxyl groups is 1. The van der Waals surface area contributed by atoms with Crippen molar-refractivity contribution in [3.05, 3.63) is 119 Å². The first-order valence-electron chi connectivity index (χ1n) is 17.9. The number of aryl methyl sites for hydroxylation is 1. The van der Waals surface area contributed by atoms with Crippen molar-refractivity contribution < 1.29 is 46.2 Å². The predicted molar refractivity (Wildman–Crippen MR) is 203 cm³/mol. The molecule has 1 saturated carbocycles. The van der Waals surface area contributed by atoms with Crippen LogP contribution in [0.25, 0.3) is 0 Å². The second kappa shape index (κ2) is 13.7. The number of amides is 4. The van der Waals surface area contributed by atoms with E-state index in [1.807, 2.05) is 31.1 Å². The van der Waals surface area contributed by atoms with E-state index in [2.05, 4.69) is 10.2 Å². The van der Waals surface area contributed by atoms with Gasteiger partial charge in [0.25, 0.3) is 11.8 Å². The maximum absolute atomic E-state index is 15.3. The lowest BCUT2D eigenvalue weighted by Crippen LogP contribution is -2.60. The number of phenolic OH excluding ortho intramolecular Hbond substituents is 1. The Kier molecular flexibility index (Phi) is 9.27. The van der Waals surface area contributed by atoms with Crippen LogP contribution in [-0.4, -0.2) is 52.6 Å². The first-order valence-corrected chi connectivity index (χ1v) is 18.6. The summed E-state index contributed by atoms with van der Waals surface area (Å²) >= 11 is 14.3. The summed E-state index contributed by atoms with van der Waals surface area (Å²) in [5, 5.41) is 19.8. The third-order valence-corrected chi connectivity index (χ3v) is 13.0. The van der Waals surface area contributed by atoms with Gasteiger partial charge in [-0.05, 0) is 79.8 Å². The molecule has 2 aliphatic heterocycles. The van der Waals surface area contributed by atoms with E-state index < -0.39 is 104 Å². The zero-order chi connectivity index (χ0) is 41.7. The Hall–Kier alpha value is -5.67. The van der Waals surface area contributed by atoms with E-state index in [4.69, 9.17) is 23.2 Å². The molecule has 10 nitrogen and oxygen atoms in total. The molecule has 17 heteroatoms. The maximum atomic E-state index is 15.3. The first-order chi connectivity index (χ1) is 27.4. The molecular formula is C41H30Cl2F5N5O5. The lowest BCUT2D eigenvalue weighted by atomic mass is 9.56. The van der Waals surface area contributed by atoms with Crippen LogP contribution in [0.15, 0.2) is 88.6 Å². The molecular weight excluding hydrogens is 808 g/mol. The molecule has 6 atom stereocenters. The van der Waals surface area contributed by atoms with Crippen molar-refractivity contribution in [1.29, 1.82) is 0 Å². The number of anilines is 3. The van der Waals surface area contributed by atoms with Gasteiger partial charge in [0.2, 0.25) is 17.6 Å². The Morgan fingerprint density at radius 2 is 1.31 bits per heavy atom. The van der Waals surface area contributed by atoms with Gasteiger partial charge in [0.05, 0.1) is 28.9 Å². The molecule has 0 spiro atoms. The van der Waals surface area contributed by atoms with Crippen LogP contribution in [0.3, 0.4) is 0 Å². The van der Waals surface area contributed by atoms with Gasteiger partial charge in [0, 0.05) is 31.3 Å². The lowest BCUT2D eigenvalue weighted by Gasteiger charge is -2.50. The van der Waals surface area contributed by atoms with Crippen LogP contribution in [0.2, 0.25) is 0 Å². The van der Waals surface area contributed by atoms with E-state index in [0.29, 0.717) is 11.4 Å². The second-order valence-corrected chi connectivity index (χ2v) is 16.1. The van der Waals surface area contributed by atoms with Crippen molar-refractivity contribution in [2.24, 2.45) is 28.0 Å². The maximum Gasteiger partial charge on any atom is 0.258 e. The summed E-state index contributed by atoms with van der Waals surface area (Å²) in [7, 11) is 3.81. The molecule has 4 amide bonds. The van der Waals surface area contributed by atoms with Gasteiger partial charge in [0.1, 0.15) is 11.4 Å². The number of phenols is 1. The first kappa shape index (κ1) is 39.2. The van der Waals surface area contributed by atoms with Gasteiger partial charge in [-0.3, -0.25) is 24.1 Å². The van der Waals surface area contributed by atoms with E-state index in [1.54, 1.807) is 30.3 Å². The summed E-state index contributed by atoms with van der Waals surface area (Å²) in [6.45, 7) is 1.52. The fourth-order valence-corrected chi connectivity index (χ4v) is 9.61. The Bertz CT molecular complexity index is 2510. The highest BCUT2D eigenvalue weighted by molar-refractivity contribution is 6.58. The van der Waals surface area contributed by atoms with Crippen molar-refractivity contribution in [2.75, 3.05) is 28.8 Å². The predicted octanol–water partition coefficient (Wildman–Crippen LogP) is 8.65. The van der Waals surface area contributed by atoms with Gasteiger partial charge in [0.15, 0.2) is 33.0 Å². The van der Waals surface area contributed by atoms with Crippen LogP contribution < -0.4 is 14.7 Å². The van der Waals surface area contributed by atoms with Gasteiger partial charge < -0.3 is 10.0 Å². The molecule has 0 bridgehead atoms. The van der Waals surface area contributed by atoms with E-state index >= 15 is 8.78 Å². The molecule has 0 radical (unpaired) electrons. The van der Waals surface area contributed by atoms with Gasteiger partial charge in [-0.1, -0.05) is 29.8 Å². The van der Waals surface area contributed by atoms with Gasteiger partial charge in [-0.25, -0.2) is 26.9 Å². The van der Waals surface area contributed by atoms with Crippen LogP contribution in [0, 0.1) is 53.8 Å². The number of hydrogen-bond donors (Lipinski definition) is 1. The highest BCUT2D eigenvalue weighted by Crippen LogP contribution is 2.67. The van der Waals surface area contributed by atoms with Gasteiger partial charge in [-0.2, -0.15) is 10.2 Å². The van der Waals surface area contributed by atoms with Crippen molar-refractivity contribution in [2.45, 2.75) is 35.4 Å². The lowest BCUT2D eigenvalue weighted by molar-refractivity contribution is -0.125. The molecule has 298 valence electrons. The van der Waals surface area contributed by atoms with Crippen molar-refractivity contribution in [1.82, 2.24) is 0 Å². The van der Waals surface area contributed by atoms with Crippen LogP contribution in [0.1, 0.15) is 29.9 Å². The zero-order valence-corrected chi connectivity index (χ0v) is 32.1. The van der Waals surface area contributed by atoms with Crippen LogP contribution >= 0.6 is 23.2 Å². The van der Waals surface area contributed by atoms with Crippen LogP contribution in [0.5, 0.6) is 5.75 Å². The molecule has 0 unspecified atom stereocenters. The van der Waals surface area contributed by atoms with Crippen LogP contribution in [-0.2, 0) is 19.2 Å². The molecule has 4 aromatic rings. The molecule has 4 aromatic carbocycles. The molecule has 4 aliphatic rings. The molecule has 0 aromatic heterocycles. The van der Waals surface area contributed by atoms with E-state index in [9.17, 15) is 37.5 Å². The smallest absolute Gasteiger partial charge is 0.258 e. The largest absolute Gasteiger partial charge is 0.507 e. The summed E-state index contributed by atoms with van der Waals surface area (Å²) in [6, 6.07) is 17.9. The minimum Gasteiger partial charge on any atom is -0.507 e. The molecule has 2 aliphatic carbocycles. The average Bonchev–Trinajstić information content (AvgIpc) is 3.54. The third kappa shape index (κ3) is 5.42. The standard InChI is InChI=1S/C41H30Cl2F5N5O5/c1-18-5-4-6-25(35(18)54)28-23-15-16-24-27(37(56)52(36(24)55)22-13-9-20(10-14-22)50-49-19-7-11-21(12-8-19)51(2)3)26(23)17-40(42)38(57)53(39(58)41(28,40)43)34-32(47)30(45)29(44)31(46)33(34)48/h4-15,24,26-28,54H,16-17H2,1-3H3/t24-,26+,27-,28+,40+,41-/m0/s1. The van der Waals surface area contributed by atoms with E-state index in [1.165, 1.54) is 37.3 Å². The van der Waals surface area contributed by atoms with Crippen molar-refractivity contribution in [3.63, 3.8) is 0 Å². The molecule has 1 N–H and O–H groups in total. The summed E-state index contributed by atoms with van der Waals surface area (Å²) in [4.78, 5) is 54.6. The quantitative estimate of drug-likeness (QED) is 0.0395. The molecule has 2 saturated heterocycles. The summed E-state index contributed by atoms with van der Waals surface area (Å²) in [5.74, 6) is -22.2. The number of carbonyl (C=O) groups excluding carboxylic acids is 4. The number of azo groups is 1. The Labute approximate surface area is 337 Å². The fourth-order valence-electron chi connectivity index (χ4n) is 8.68. The Balaban J connectivity index is 1.19. The number of fused-ring (bicyclic) bond motifs is 4. The molecule has 58 heavy (non-hydrogen) atoms. The number of benzene rings is 4. The number of allylic oxidation sites excluding steroid dienone is 2. The number of hydrogen-bond acceptors (Lipinski definition) is 8. The fraction of sp³-hybridized carbons (Fsp3) is 0.268.